The number of rotatable bonds is 6. The molecule has 1 rings (SSSR count). The molecule has 0 aromatic heterocycles. The molecule has 1 nitrogen and oxygen atoms in total. The van der Waals surface area contributed by atoms with Crippen molar-refractivity contribution in [2.45, 2.75) is 58.4 Å². The lowest BCUT2D eigenvalue weighted by atomic mass is 9.85. The van der Waals surface area contributed by atoms with Gasteiger partial charge in [-0.2, -0.15) is 0 Å². The van der Waals surface area contributed by atoms with Gasteiger partial charge in [-0.1, -0.05) is 26.7 Å². The van der Waals surface area contributed by atoms with Crippen LogP contribution in [-0.4, -0.2) is 30.4 Å². The lowest BCUT2D eigenvalue weighted by Crippen LogP contribution is -2.39. The van der Waals surface area contributed by atoms with E-state index in [-0.39, 0.29) is 0 Å². The van der Waals surface area contributed by atoms with Crippen LogP contribution >= 0.6 is 11.6 Å². The van der Waals surface area contributed by atoms with Gasteiger partial charge in [0.25, 0.3) is 0 Å². The molecule has 0 radical (unpaired) electrons. The van der Waals surface area contributed by atoms with E-state index < -0.39 is 0 Å². The van der Waals surface area contributed by atoms with Crippen molar-refractivity contribution in [2.24, 2.45) is 11.8 Å². The molecule has 0 spiro atoms. The molecule has 0 heterocycles. The number of hydrogen-bond donors (Lipinski definition) is 0. The fourth-order valence-corrected chi connectivity index (χ4v) is 3.24. The zero-order valence-electron chi connectivity index (χ0n) is 11.2. The van der Waals surface area contributed by atoms with Gasteiger partial charge < -0.3 is 4.90 Å². The SMILES string of the molecule is CC(CCCl)CCN(C)C1CCCCC1C. The first-order valence-electron chi connectivity index (χ1n) is 6.91. The molecule has 0 saturated heterocycles. The minimum absolute atomic E-state index is 0.777. The molecule has 1 fully saturated rings. The molecule has 0 aliphatic heterocycles. The summed E-state index contributed by atoms with van der Waals surface area (Å²) in [6.07, 6.45) is 8.15. The summed E-state index contributed by atoms with van der Waals surface area (Å²) < 4.78 is 0. The van der Waals surface area contributed by atoms with Crippen LogP contribution in [0.25, 0.3) is 0 Å². The zero-order valence-corrected chi connectivity index (χ0v) is 12.0. The van der Waals surface area contributed by atoms with Crippen LogP contribution in [0.1, 0.15) is 52.4 Å². The first kappa shape index (κ1) is 14.3. The van der Waals surface area contributed by atoms with Crippen molar-refractivity contribution in [3.8, 4) is 0 Å². The average molecular weight is 246 g/mol. The third kappa shape index (κ3) is 4.63. The van der Waals surface area contributed by atoms with Gasteiger partial charge in [-0.3, -0.25) is 0 Å². The van der Waals surface area contributed by atoms with Gasteiger partial charge in [-0.25, -0.2) is 0 Å². The molecule has 2 heteroatoms. The molecule has 0 aromatic rings. The Labute approximate surface area is 107 Å². The minimum Gasteiger partial charge on any atom is -0.303 e. The lowest BCUT2D eigenvalue weighted by Gasteiger charge is -2.36. The molecule has 1 aliphatic carbocycles. The Kier molecular flexibility index (Phi) is 6.75. The molecule has 1 aliphatic rings. The van der Waals surface area contributed by atoms with E-state index in [1.165, 1.54) is 38.6 Å². The highest BCUT2D eigenvalue weighted by Gasteiger charge is 2.24. The van der Waals surface area contributed by atoms with Crippen LogP contribution in [0.4, 0.5) is 0 Å². The second kappa shape index (κ2) is 7.55. The summed E-state index contributed by atoms with van der Waals surface area (Å²) in [5.41, 5.74) is 0. The van der Waals surface area contributed by atoms with Gasteiger partial charge >= 0.3 is 0 Å². The van der Waals surface area contributed by atoms with Crippen molar-refractivity contribution < 1.29 is 0 Å². The first-order valence-corrected chi connectivity index (χ1v) is 7.44. The van der Waals surface area contributed by atoms with Crippen molar-refractivity contribution in [2.75, 3.05) is 19.5 Å². The van der Waals surface area contributed by atoms with Crippen molar-refractivity contribution in [3.63, 3.8) is 0 Å². The van der Waals surface area contributed by atoms with E-state index in [2.05, 4.69) is 25.8 Å². The molecule has 1 saturated carbocycles. The normalized spacial score (nSPS) is 28.3. The molecule has 0 aromatic carbocycles. The van der Waals surface area contributed by atoms with Gasteiger partial charge in [0.1, 0.15) is 0 Å². The number of halogens is 1. The summed E-state index contributed by atoms with van der Waals surface area (Å²) in [6, 6.07) is 0.831. The second-order valence-corrected chi connectivity index (χ2v) is 6.06. The number of alkyl halides is 1. The van der Waals surface area contributed by atoms with Gasteiger partial charge in [0, 0.05) is 11.9 Å². The Balaban J connectivity index is 2.25. The van der Waals surface area contributed by atoms with E-state index in [0.29, 0.717) is 0 Å². The molecule has 0 amide bonds. The third-order valence-electron chi connectivity index (χ3n) is 4.21. The van der Waals surface area contributed by atoms with Gasteiger partial charge in [-0.15, -0.1) is 11.6 Å². The standard InChI is InChI=1S/C14H28ClN/c1-12(8-10-15)9-11-16(3)14-7-5-4-6-13(14)2/h12-14H,4-11H2,1-3H3. The van der Waals surface area contributed by atoms with Crippen molar-refractivity contribution in [1.29, 1.82) is 0 Å². The zero-order chi connectivity index (χ0) is 12.0. The lowest BCUT2D eigenvalue weighted by molar-refractivity contribution is 0.133. The van der Waals surface area contributed by atoms with E-state index in [4.69, 9.17) is 11.6 Å². The second-order valence-electron chi connectivity index (χ2n) is 5.68. The average Bonchev–Trinajstić information content (AvgIpc) is 2.27. The monoisotopic (exact) mass is 245 g/mol. The van der Waals surface area contributed by atoms with Crippen LogP contribution in [0.3, 0.4) is 0 Å². The van der Waals surface area contributed by atoms with E-state index in [1.54, 1.807) is 0 Å². The summed E-state index contributed by atoms with van der Waals surface area (Å²) in [5, 5.41) is 0. The number of hydrogen-bond acceptors (Lipinski definition) is 1. The molecule has 16 heavy (non-hydrogen) atoms. The predicted molar refractivity (Wildman–Crippen MR) is 73.2 cm³/mol. The minimum atomic E-state index is 0.777. The summed E-state index contributed by atoms with van der Waals surface area (Å²) in [4.78, 5) is 2.59. The van der Waals surface area contributed by atoms with E-state index >= 15 is 0 Å². The Hall–Kier alpha value is 0.250. The van der Waals surface area contributed by atoms with Crippen LogP contribution < -0.4 is 0 Å². The van der Waals surface area contributed by atoms with Crippen LogP contribution in [0.5, 0.6) is 0 Å². The van der Waals surface area contributed by atoms with Crippen LogP contribution in [0, 0.1) is 11.8 Å². The van der Waals surface area contributed by atoms with E-state index in [9.17, 15) is 0 Å². The van der Waals surface area contributed by atoms with Gasteiger partial charge in [0.2, 0.25) is 0 Å². The third-order valence-corrected chi connectivity index (χ3v) is 4.43. The van der Waals surface area contributed by atoms with Crippen molar-refractivity contribution in [1.82, 2.24) is 4.90 Å². The Bertz CT molecular complexity index is 184. The van der Waals surface area contributed by atoms with Crippen molar-refractivity contribution >= 4 is 11.6 Å². The molecular formula is C14H28ClN. The molecule has 96 valence electrons. The smallest absolute Gasteiger partial charge is 0.0225 e. The number of nitrogens with zero attached hydrogens (tertiary/aromatic N) is 1. The molecule has 0 bridgehead atoms. The van der Waals surface area contributed by atoms with Crippen molar-refractivity contribution in [3.05, 3.63) is 0 Å². The predicted octanol–water partition coefficient (Wildman–Crippen LogP) is 4.15. The van der Waals surface area contributed by atoms with Gasteiger partial charge in [-0.05, 0) is 51.1 Å². The highest BCUT2D eigenvalue weighted by molar-refractivity contribution is 6.17. The summed E-state index contributed by atoms with van der Waals surface area (Å²) in [5.74, 6) is 2.48. The highest BCUT2D eigenvalue weighted by atomic mass is 35.5. The highest BCUT2D eigenvalue weighted by Crippen LogP contribution is 2.27. The maximum atomic E-state index is 5.77. The fourth-order valence-electron chi connectivity index (χ4n) is 2.87. The maximum absolute atomic E-state index is 5.77. The largest absolute Gasteiger partial charge is 0.303 e. The Morgan fingerprint density at radius 3 is 2.56 bits per heavy atom. The molecule has 3 atom stereocenters. The van der Waals surface area contributed by atoms with Gasteiger partial charge in [0.15, 0.2) is 0 Å². The summed E-state index contributed by atoms with van der Waals surface area (Å²) in [7, 11) is 2.31. The Morgan fingerprint density at radius 2 is 1.94 bits per heavy atom. The molecule has 0 N–H and O–H groups in total. The fraction of sp³-hybridized carbons (Fsp3) is 1.00. The van der Waals surface area contributed by atoms with Crippen LogP contribution in [-0.2, 0) is 0 Å². The van der Waals surface area contributed by atoms with Crippen LogP contribution in [0.2, 0.25) is 0 Å². The molecular weight excluding hydrogens is 218 g/mol. The first-order chi connectivity index (χ1) is 7.65. The summed E-state index contributed by atoms with van der Waals surface area (Å²) in [6.45, 7) is 5.98. The summed E-state index contributed by atoms with van der Waals surface area (Å²) >= 11 is 5.77. The Morgan fingerprint density at radius 1 is 1.25 bits per heavy atom. The maximum Gasteiger partial charge on any atom is 0.0225 e. The topological polar surface area (TPSA) is 3.24 Å². The van der Waals surface area contributed by atoms with Crippen LogP contribution in [0.15, 0.2) is 0 Å². The quantitative estimate of drug-likeness (QED) is 0.636. The van der Waals surface area contributed by atoms with E-state index in [0.717, 1.165) is 30.2 Å². The molecule has 3 unspecified atom stereocenters. The van der Waals surface area contributed by atoms with Gasteiger partial charge in [0.05, 0.1) is 0 Å². The van der Waals surface area contributed by atoms with E-state index in [1.807, 2.05) is 0 Å².